The number of ether oxygens (including phenoxy) is 1. The number of aryl methyl sites for hydroxylation is 1. The first-order valence-corrected chi connectivity index (χ1v) is 10.1. The Hall–Kier alpha value is -2.25. The second kappa shape index (κ2) is 7.17. The molecule has 2 aromatic rings. The van der Waals surface area contributed by atoms with Crippen LogP contribution in [-0.4, -0.2) is 38.8 Å². The van der Waals surface area contributed by atoms with Crippen molar-refractivity contribution < 1.29 is 18.3 Å². The molecule has 1 fully saturated rings. The third-order valence-corrected chi connectivity index (χ3v) is 5.72. The number of hydrogen-bond acceptors (Lipinski definition) is 5. The Morgan fingerprint density at radius 1 is 1.08 bits per heavy atom. The van der Waals surface area contributed by atoms with E-state index in [1.54, 1.807) is 25.1 Å². The predicted octanol–water partition coefficient (Wildman–Crippen LogP) is 3.12. The SMILES string of the molecule is Cc1ccc(O)c(S(=O)(=O)Nc2ccc(N3CC(C)OC(C)C3)cc2)c1. The van der Waals surface area contributed by atoms with Crippen LogP contribution in [0.3, 0.4) is 0 Å². The number of phenols is 1. The van der Waals surface area contributed by atoms with Gasteiger partial charge in [0.1, 0.15) is 10.6 Å². The fraction of sp³-hybridized carbons (Fsp3) is 0.368. The van der Waals surface area contributed by atoms with Crippen molar-refractivity contribution in [2.45, 2.75) is 37.9 Å². The van der Waals surface area contributed by atoms with Crippen LogP contribution in [0.5, 0.6) is 5.75 Å². The van der Waals surface area contributed by atoms with Crippen molar-refractivity contribution in [2.75, 3.05) is 22.7 Å². The molecule has 0 aliphatic carbocycles. The van der Waals surface area contributed by atoms with Gasteiger partial charge in [0.2, 0.25) is 0 Å². The maximum Gasteiger partial charge on any atom is 0.265 e. The molecule has 26 heavy (non-hydrogen) atoms. The van der Waals surface area contributed by atoms with E-state index in [0.717, 1.165) is 24.3 Å². The Kier molecular flexibility index (Phi) is 5.11. The van der Waals surface area contributed by atoms with E-state index in [1.165, 1.54) is 12.1 Å². The lowest BCUT2D eigenvalue weighted by Gasteiger charge is -2.36. The van der Waals surface area contributed by atoms with E-state index in [4.69, 9.17) is 4.74 Å². The van der Waals surface area contributed by atoms with Gasteiger partial charge < -0.3 is 14.7 Å². The minimum atomic E-state index is -3.86. The zero-order valence-corrected chi connectivity index (χ0v) is 16.0. The van der Waals surface area contributed by atoms with Gasteiger partial charge >= 0.3 is 0 Å². The van der Waals surface area contributed by atoms with E-state index in [9.17, 15) is 13.5 Å². The summed E-state index contributed by atoms with van der Waals surface area (Å²) in [5, 5.41) is 9.87. The van der Waals surface area contributed by atoms with Crippen LogP contribution in [-0.2, 0) is 14.8 Å². The number of phenolic OH excluding ortho intramolecular Hbond substituents is 1. The monoisotopic (exact) mass is 376 g/mol. The number of benzene rings is 2. The zero-order chi connectivity index (χ0) is 18.9. The van der Waals surface area contributed by atoms with E-state index in [0.29, 0.717) is 5.69 Å². The highest BCUT2D eigenvalue weighted by Gasteiger charge is 2.23. The lowest BCUT2D eigenvalue weighted by Crippen LogP contribution is -2.45. The maximum atomic E-state index is 12.5. The molecule has 140 valence electrons. The summed E-state index contributed by atoms with van der Waals surface area (Å²) in [6.45, 7) is 7.45. The summed E-state index contributed by atoms with van der Waals surface area (Å²) < 4.78 is 33.4. The Morgan fingerprint density at radius 2 is 1.69 bits per heavy atom. The van der Waals surface area contributed by atoms with Crippen LogP contribution in [0.1, 0.15) is 19.4 Å². The third-order valence-electron chi connectivity index (χ3n) is 4.31. The van der Waals surface area contributed by atoms with Crippen molar-refractivity contribution in [3.63, 3.8) is 0 Å². The molecule has 1 aliphatic rings. The second-order valence-electron chi connectivity index (χ2n) is 6.79. The summed E-state index contributed by atoms with van der Waals surface area (Å²) in [6.07, 6.45) is 0.308. The van der Waals surface area contributed by atoms with Gasteiger partial charge in [-0.05, 0) is 62.7 Å². The molecular formula is C19H24N2O4S. The van der Waals surface area contributed by atoms with Gasteiger partial charge in [0.05, 0.1) is 12.2 Å². The topological polar surface area (TPSA) is 78.9 Å². The first-order chi connectivity index (χ1) is 12.2. The highest BCUT2D eigenvalue weighted by molar-refractivity contribution is 7.92. The third kappa shape index (κ3) is 4.11. The van der Waals surface area contributed by atoms with E-state index >= 15 is 0 Å². The fourth-order valence-corrected chi connectivity index (χ4v) is 4.42. The molecule has 7 heteroatoms. The maximum absolute atomic E-state index is 12.5. The van der Waals surface area contributed by atoms with Gasteiger partial charge in [-0.25, -0.2) is 8.42 Å². The van der Waals surface area contributed by atoms with Crippen LogP contribution < -0.4 is 9.62 Å². The Balaban J connectivity index is 1.78. The summed E-state index contributed by atoms with van der Waals surface area (Å²) >= 11 is 0. The Labute approximate surface area is 154 Å². The van der Waals surface area contributed by atoms with Gasteiger partial charge in [0, 0.05) is 24.5 Å². The number of hydrogen-bond donors (Lipinski definition) is 2. The number of nitrogens with zero attached hydrogens (tertiary/aromatic N) is 1. The summed E-state index contributed by atoms with van der Waals surface area (Å²) in [6, 6.07) is 11.7. The molecule has 2 atom stereocenters. The minimum absolute atomic E-state index is 0.127. The largest absolute Gasteiger partial charge is 0.507 e. The van der Waals surface area contributed by atoms with Crippen LogP contribution in [0.4, 0.5) is 11.4 Å². The quantitative estimate of drug-likeness (QED) is 0.857. The number of anilines is 2. The molecule has 1 saturated heterocycles. The smallest absolute Gasteiger partial charge is 0.265 e. The average Bonchev–Trinajstić information content (AvgIpc) is 2.56. The number of rotatable bonds is 4. The number of morpholine rings is 1. The van der Waals surface area contributed by atoms with E-state index in [1.807, 2.05) is 26.0 Å². The van der Waals surface area contributed by atoms with Crippen molar-refractivity contribution in [3.05, 3.63) is 48.0 Å². The first-order valence-electron chi connectivity index (χ1n) is 8.57. The Bertz CT molecular complexity index is 871. The van der Waals surface area contributed by atoms with Gasteiger partial charge in [0.25, 0.3) is 10.0 Å². The van der Waals surface area contributed by atoms with E-state index in [-0.39, 0.29) is 22.9 Å². The number of sulfonamides is 1. The van der Waals surface area contributed by atoms with Crippen LogP contribution >= 0.6 is 0 Å². The van der Waals surface area contributed by atoms with Crippen molar-refractivity contribution in [1.29, 1.82) is 0 Å². The van der Waals surface area contributed by atoms with Gasteiger partial charge in [-0.1, -0.05) is 6.07 Å². The molecule has 1 aliphatic heterocycles. The van der Waals surface area contributed by atoms with Crippen LogP contribution in [0.25, 0.3) is 0 Å². The van der Waals surface area contributed by atoms with Crippen molar-refractivity contribution in [3.8, 4) is 5.75 Å². The lowest BCUT2D eigenvalue weighted by atomic mass is 10.2. The highest BCUT2D eigenvalue weighted by atomic mass is 32.2. The van der Waals surface area contributed by atoms with Crippen LogP contribution in [0.2, 0.25) is 0 Å². The van der Waals surface area contributed by atoms with Gasteiger partial charge in [-0.2, -0.15) is 0 Å². The average molecular weight is 376 g/mol. The molecule has 0 bridgehead atoms. The van der Waals surface area contributed by atoms with E-state index in [2.05, 4.69) is 9.62 Å². The predicted molar refractivity (Wildman–Crippen MR) is 102 cm³/mol. The van der Waals surface area contributed by atoms with Crippen LogP contribution in [0.15, 0.2) is 47.4 Å². The standard InChI is InChI=1S/C19H24N2O4S/c1-13-4-9-18(22)19(10-13)26(23,24)20-16-5-7-17(8-6-16)21-11-14(2)25-15(3)12-21/h4-10,14-15,20,22H,11-12H2,1-3H3. The second-order valence-corrected chi connectivity index (χ2v) is 8.44. The van der Waals surface area contributed by atoms with Crippen molar-refractivity contribution >= 4 is 21.4 Å². The van der Waals surface area contributed by atoms with Crippen molar-refractivity contribution in [2.24, 2.45) is 0 Å². The van der Waals surface area contributed by atoms with Gasteiger partial charge in [-0.3, -0.25) is 4.72 Å². The van der Waals surface area contributed by atoms with Gasteiger partial charge in [0.15, 0.2) is 0 Å². The highest BCUT2D eigenvalue weighted by Crippen LogP contribution is 2.27. The van der Waals surface area contributed by atoms with Crippen molar-refractivity contribution in [1.82, 2.24) is 0 Å². The summed E-state index contributed by atoms with van der Waals surface area (Å²) in [4.78, 5) is 2.10. The molecule has 0 aromatic heterocycles. The number of nitrogens with one attached hydrogen (secondary N) is 1. The summed E-state index contributed by atoms with van der Waals surface area (Å²) in [5.41, 5.74) is 2.23. The Morgan fingerprint density at radius 3 is 2.31 bits per heavy atom. The molecular weight excluding hydrogens is 352 g/mol. The summed E-state index contributed by atoms with van der Waals surface area (Å²) in [7, 11) is -3.86. The first kappa shape index (κ1) is 18.5. The van der Waals surface area contributed by atoms with E-state index < -0.39 is 10.0 Å². The molecule has 2 N–H and O–H groups in total. The fourth-order valence-electron chi connectivity index (χ4n) is 3.18. The molecule has 1 heterocycles. The van der Waals surface area contributed by atoms with Crippen LogP contribution in [0, 0.1) is 6.92 Å². The molecule has 2 aromatic carbocycles. The normalized spacial score (nSPS) is 20.8. The number of aromatic hydroxyl groups is 1. The molecule has 2 unspecified atom stereocenters. The molecule has 0 spiro atoms. The lowest BCUT2D eigenvalue weighted by molar-refractivity contribution is -0.00521. The van der Waals surface area contributed by atoms with Gasteiger partial charge in [-0.15, -0.1) is 0 Å². The molecule has 3 rings (SSSR count). The molecule has 0 saturated carbocycles. The molecule has 0 radical (unpaired) electrons. The minimum Gasteiger partial charge on any atom is -0.507 e. The zero-order valence-electron chi connectivity index (χ0n) is 15.1. The molecule has 0 amide bonds. The molecule has 6 nitrogen and oxygen atoms in total. The summed E-state index contributed by atoms with van der Waals surface area (Å²) in [5.74, 6) is -0.268.